The molecule has 3 atom stereocenters. The zero-order valence-electron chi connectivity index (χ0n) is 14.0. The Kier molecular flexibility index (Phi) is 6.46. The number of hydrogen-bond donors (Lipinski definition) is 1. The largest absolute Gasteiger partial charge is 0.469 e. The summed E-state index contributed by atoms with van der Waals surface area (Å²) in [5.74, 6) is -0.0687. The van der Waals surface area contributed by atoms with Gasteiger partial charge in [0.15, 0.2) is 0 Å². The van der Waals surface area contributed by atoms with E-state index < -0.39 is 0 Å². The van der Waals surface area contributed by atoms with Gasteiger partial charge in [-0.2, -0.15) is 0 Å². The van der Waals surface area contributed by atoms with Crippen molar-refractivity contribution < 1.29 is 9.53 Å². The van der Waals surface area contributed by atoms with Gasteiger partial charge in [-0.15, -0.1) is 0 Å². The summed E-state index contributed by atoms with van der Waals surface area (Å²) in [6.45, 7) is 13.9. The van der Waals surface area contributed by atoms with Crippen LogP contribution in [-0.2, 0) is 9.53 Å². The van der Waals surface area contributed by atoms with Crippen LogP contribution in [0.15, 0.2) is 0 Å². The Balaban J connectivity index is 2.66. The number of hydrogen-bond acceptors (Lipinski definition) is 4. The van der Waals surface area contributed by atoms with Crippen LogP contribution in [0.4, 0.5) is 0 Å². The summed E-state index contributed by atoms with van der Waals surface area (Å²) in [6.07, 6.45) is 2.00. The van der Waals surface area contributed by atoms with Gasteiger partial charge in [-0.05, 0) is 25.2 Å². The van der Waals surface area contributed by atoms with Gasteiger partial charge in [0.25, 0.3) is 0 Å². The van der Waals surface area contributed by atoms with Gasteiger partial charge in [0, 0.05) is 31.7 Å². The number of methoxy groups -OCH3 is 1. The fourth-order valence-corrected chi connectivity index (χ4v) is 2.69. The van der Waals surface area contributed by atoms with E-state index in [4.69, 9.17) is 4.74 Å². The molecule has 1 rings (SSSR count). The first-order valence-electron chi connectivity index (χ1n) is 7.82. The molecule has 0 saturated carbocycles. The van der Waals surface area contributed by atoms with E-state index in [2.05, 4.69) is 44.8 Å². The molecule has 0 aromatic carbocycles. The van der Waals surface area contributed by atoms with E-state index in [9.17, 15) is 4.79 Å². The van der Waals surface area contributed by atoms with E-state index in [0.717, 1.165) is 32.5 Å². The molecule has 1 aliphatic rings. The standard InChI is InChI=1S/C16H32N2O2/c1-7-12(2)18-9-13(15(19)20-6)8-14(10-18)17-11-16(3,4)5/h12-14,17H,7-11H2,1-6H3. The van der Waals surface area contributed by atoms with Crippen LogP contribution in [0.2, 0.25) is 0 Å². The Bertz CT molecular complexity index is 312. The van der Waals surface area contributed by atoms with E-state index in [1.54, 1.807) is 0 Å². The van der Waals surface area contributed by atoms with Gasteiger partial charge >= 0.3 is 5.97 Å². The number of nitrogens with one attached hydrogen (secondary N) is 1. The van der Waals surface area contributed by atoms with Crippen molar-refractivity contribution in [3.05, 3.63) is 0 Å². The van der Waals surface area contributed by atoms with Crippen molar-refractivity contribution in [1.29, 1.82) is 0 Å². The third-order valence-electron chi connectivity index (χ3n) is 4.15. The molecule has 1 saturated heterocycles. The van der Waals surface area contributed by atoms with Crippen molar-refractivity contribution in [3.63, 3.8) is 0 Å². The van der Waals surface area contributed by atoms with Gasteiger partial charge < -0.3 is 10.1 Å². The van der Waals surface area contributed by atoms with Crippen molar-refractivity contribution in [2.24, 2.45) is 11.3 Å². The predicted octanol–water partition coefficient (Wildman–Crippen LogP) is 2.28. The van der Waals surface area contributed by atoms with Crippen LogP contribution in [0, 0.1) is 11.3 Å². The third kappa shape index (κ3) is 5.41. The molecule has 4 heteroatoms. The minimum Gasteiger partial charge on any atom is -0.469 e. The van der Waals surface area contributed by atoms with Crippen LogP contribution in [0.1, 0.15) is 47.5 Å². The first kappa shape index (κ1) is 17.4. The number of nitrogens with zero attached hydrogens (tertiary/aromatic N) is 1. The Hall–Kier alpha value is -0.610. The molecule has 0 aliphatic carbocycles. The number of piperidine rings is 1. The first-order valence-corrected chi connectivity index (χ1v) is 7.82. The third-order valence-corrected chi connectivity index (χ3v) is 4.15. The molecule has 0 aromatic heterocycles. The molecule has 4 nitrogen and oxygen atoms in total. The lowest BCUT2D eigenvalue weighted by atomic mass is 9.91. The van der Waals surface area contributed by atoms with Gasteiger partial charge in [-0.25, -0.2) is 0 Å². The summed E-state index contributed by atoms with van der Waals surface area (Å²) in [5.41, 5.74) is 0.263. The van der Waals surface area contributed by atoms with Gasteiger partial charge in [-0.3, -0.25) is 9.69 Å². The monoisotopic (exact) mass is 284 g/mol. The maximum absolute atomic E-state index is 11.9. The van der Waals surface area contributed by atoms with E-state index >= 15 is 0 Å². The van der Waals surface area contributed by atoms with Gasteiger partial charge in [0.2, 0.25) is 0 Å². The molecular weight excluding hydrogens is 252 g/mol. The van der Waals surface area contributed by atoms with E-state index in [1.807, 2.05) is 0 Å². The molecule has 118 valence electrons. The normalized spacial score (nSPS) is 26.3. The maximum atomic E-state index is 11.9. The number of carbonyl (C=O) groups is 1. The number of carbonyl (C=O) groups excluding carboxylic acids is 1. The van der Waals surface area contributed by atoms with Gasteiger partial charge in [0.05, 0.1) is 13.0 Å². The lowest BCUT2D eigenvalue weighted by molar-refractivity contribution is -0.148. The smallest absolute Gasteiger partial charge is 0.310 e. The Labute approximate surface area is 124 Å². The fourth-order valence-electron chi connectivity index (χ4n) is 2.69. The van der Waals surface area contributed by atoms with Crippen molar-refractivity contribution in [1.82, 2.24) is 10.2 Å². The minimum absolute atomic E-state index is 0.000202. The molecule has 1 heterocycles. The van der Waals surface area contributed by atoms with Crippen LogP contribution in [0.25, 0.3) is 0 Å². The molecule has 0 aromatic rings. The zero-order valence-corrected chi connectivity index (χ0v) is 14.0. The maximum Gasteiger partial charge on any atom is 0.310 e. The molecule has 1 fully saturated rings. The van der Waals surface area contributed by atoms with Gasteiger partial charge in [-0.1, -0.05) is 27.7 Å². The SMILES string of the molecule is CCC(C)N1CC(NCC(C)(C)C)CC(C(=O)OC)C1. The van der Waals surface area contributed by atoms with Crippen molar-refractivity contribution in [2.45, 2.75) is 59.5 Å². The van der Waals surface area contributed by atoms with E-state index in [-0.39, 0.29) is 17.3 Å². The van der Waals surface area contributed by atoms with Crippen LogP contribution >= 0.6 is 0 Å². The molecule has 1 aliphatic heterocycles. The highest BCUT2D eigenvalue weighted by molar-refractivity contribution is 5.72. The Morgan fingerprint density at radius 1 is 1.40 bits per heavy atom. The summed E-state index contributed by atoms with van der Waals surface area (Å²) in [5, 5.41) is 3.63. The molecule has 20 heavy (non-hydrogen) atoms. The Morgan fingerprint density at radius 3 is 2.55 bits per heavy atom. The summed E-state index contributed by atoms with van der Waals surface area (Å²) in [7, 11) is 1.49. The second-order valence-corrected chi connectivity index (χ2v) is 7.31. The molecule has 0 amide bonds. The summed E-state index contributed by atoms with van der Waals surface area (Å²) in [6, 6.07) is 0.891. The molecular formula is C16H32N2O2. The first-order chi connectivity index (χ1) is 9.26. The minimum atomic E-state index is -0.0689. The number of esters is 1. The van der Waals surface area contributed by atoms with Crippen LogP contribution in [0.3, 0.4) is 0 Å². The summed E-state index contributed by atoms with van der Waals surface area (Å²) in [4.78, 5) is 14.3. The number of rotatable bonds is 5. The van der Waals surface area contributed by atoms with Crippen LogP contribution < -0.4 is 5.32 Å². The van der Waals surface area contributed by atoms with Crippen molar-refractivity contribution in [2.75, 3.05) is 26.7 Å². The second-order valence-electron chi connectivity index (χ2n) is 7.31. The lowest BCUT2D eigenvalue weighted by Crippen LogP contribution is -2.54. The number of likely N-dealkylation sites (tertiary alicyclic amines) is 1. The fraction of sp³-hybridized carbons (Fsp3) is 0.938. The lowest BCUT2D eigenvalue weighted by Gasteiger charge is -2.40. The van der Waals surface area contributed by atoms with Crippen LogP contribution in [0.5, 0.6) is 0 Å². The topological polar surface area (TPSA) is 41.6 Å². The average molecular weight is 284 g/mol. The van der Waals surface area contributed by atoms with Crippen molar-refractivity contribution >= 4 is 5.97 Å². The highest BCUT2D eigenvalue weighted by atomic mass is 16.5. The molecule has 0 radical (unpaired) electrons. The predicted molar refractivity (Wildman–Crippen MR) is 82.7 cm³/mol. The number of ether oxygens (including phenoxy) is 1. The van der Waals surface area contributed by atoms with Crippen LogP contribution in [-0.4, -0.2) is 49.7 Å². The summed E-state index contributed by atoms with van der Waals surface area (Å²) >= 11 is 0. The van der Waals surface area contributed by atoms with Crippen molar-refractivity contribution in [3.8, 4) is 0 Å². The van der Waals surface area contributed by atoms with Gasteiger partial charge in [0.1, 0.15) is 0 Å². The molecule has 3 unspecified atom stereocenters. The molecule has 0 bridgehead atoms. The highest BCUT2D eigenvalue weighted by Crippen LogP contribution is 2.22. The summed E-state index contributed by atoms with van der Waals surface area (Å²) < 4.78 is 4.95. The quantitative estimate of drug-likeness (QED) is 0.787. The van der Waals surface area contributed by atoms with E-state index in [0.29, 0.717) is 12.1 Å². The van der Waals surface area contributed by atoms with E-state index in [1.165, 1.54) is 7.11 Å². The Morgan fingerprint density at radius 2 is 2.05 bits per heavy atom. The second kappa shape index (κ2) is 7.41. The molecule has 1 N–H and O–H groups in total. The zero-order chi connectivity index (χ0) is 15.3. The molecule has 0 spiro atoms. The highest BCUT2D eigenvalue weighted by Gasteiger charge is 2.33. The average Bonchev–Trinajstić information content (AvgIpc) is 2.42.